The van der Waals surface area contributed by atoms with Crippen LogP contribution in [0.3, 0.4) is 0 Å². The normalized spacial score (nSPS) is 13.4. The van der Waals surface area contributed by atoms with Crippen LogP contribution < -0.4 is 33.2 Å². The number of carbonyl (C=O) groups excluding carboxylic acids is 4. The van der Waals surface area contributed by atoms with Crippen LogP contribution in [0, 0.1) is 0 Å². The summed E-state index contributed by atoms with van der Waals surface area (Å²) in [4.78, 5) is 64.3. The van der Waals surface area contributed by atoms with Gasteiger partial charge in [-0.25, -0.2) is 4.79 Å². The van der Waals surface area contributed by atoms with E-state index < -0.39 is 47.7 Å². The molecule has 37 heavy (non-hydrogen) atoms. The summed E-state index contributed by atoms with van der Waals surface area (Å²) in [7, 11) is 0. The van der Waals surface area contributed by atoms with Crippen LogP contribution in [0.1, 0.15) is 37.7 Å². The van der Waals surface area contributed by atoms with Crippen LogP contribution in [0.25, 0.3) is 10.9 Å². The molecule has 11 N–H and O–H groups in total. The zero-order chi connectivity index (χ0) is 27.4. The first-order valence-corrected chi connectivity index (χ1v) is 12.0. The highest BCUT2D eigenvalue weighted by molar-refractivity contribution is 5.94. The second-order valence-corrected chi connectivity index (χ2v) is 8.64. The number of nitrogens with one attached hydrogen (secondary N) is 4. The molecule has 0 aliphatic heterocycles. The number of hydrogen-bond acceptors (Lipinski definition) is 7. The summed E-state index contributed by atoms with van der Waals surface area (Å²) < 4.78 is 0. The van der Waals surface area contributed by atoms with Crippen molar-refractivity contribution in [2.24, 2.45) is 17.2 Å². The van der Waals surface area contributed by atoms with Crippen molar-refractivity contribution in [3.05, 3.63) is 36.0 Å². The van der Waals surface area contributed by atoms with Crippen LogP contribution in [0.2, 0.25) is 0 Å². The number of aromatic nitrogens is 1. The van der Waals surface area contributed by atoms with Gasteiger partial charge in [-0.2, -0.15) is 0 Å². The molecule has 3 atom stereocenters. The van der Waals surface area contributed by atoms with Crippen molar-refractivity contribution >= 4 is 40.5 Å². The van der Waals surface area contributed by atoms with E-state index in [0.29, 0.717) is 19.4 Å². The average Bonchev–Trinajstić information content (AvgIpc) is 3.27. The molecule has 2 aromatic rings. The predicted octanol–water partition coefficient (Wildman–Crippen LogP) is -1.40. The molecule has 1 aromatic carbocycles. The first-order chi connectivity index (χ1) is 17.7. The lowest BCUT2D eigenvalue weighted by atomic mass is 10.0. The minimum atomic E-state index is -1.27. The molecular formula is C24H35N7O6. The third-order valence-corrected chi connectivity index (χ3v) is 5.81. The number of aromatic amines is 1. The lowest BCUT2D eigenvalue weighted by Gasteiger charge is -2.24. The number of rotatable bonds is 16. The SMILES string of the molecule is NCCCCC(NC(=O)C(CCC(N)=O)NC(=O)C(Cc1c[nH]c2ccccc12)NC(=O)CN)C(=O)O. The molecule has 13 heteroatoms. The van der Waals surface area contributed by atoms with Crippen molar-refractivity contribution in [3.8, 4) is 0 Å². The van der Waals surface area contributed by atoms with Gasteiger partial charge in [0.05, 0.1) is 6.54 Å². The van der Waals surface area contributed by atoms with E-state index in [4.69, 9.17) is 17.2 Å². The fourth-order valence-corrected chi connectivity index (χ4v) is 3.83. The number of carboxylic acids is 1. The topological polar surface area (TPSA) is 236 Å². The first-order valence-electron chi connectivity index (χ1n) is 12.0. The summed E-state index contributed by atoms with van der Waals surface area (Å²) >= 11 is 0. The molecule has 0 spiro atoms. The molecule has 1 aromatic heterocycles. The number of hydrogen-bond donors (Lipinski definition) is 8. The second-order valence-electron chi connectivity index (χ2n) is 8.64. The highest BCUT2D eigenvalue weighted by atomic mass is 16.4. The molecular weight excluding hydrogens is 482 g/mol. The highest BCUT2D eigenvalue weighted by Crippen LogP contribution is 2.19. The Morgan fingerprint density at radius 1 is 0.892 bits per heavy atom. The fourth-order valence-electron chi connectivity index (χ4n) is 3.83. The van der Waals surface area contributed by atoms with Crippen LogP contribution >= 0.6 is 0 Å². The van der Waals surface area contributed by atoms with Crippen LogP contribution in [0.4, 0.5) is 0 Å². The van der Waals surface area contributed by atoms with Gasteiger partial charge in [0.1, 0.15) is 18.1 Å². The van der Waals surface area contributed by atoms with Crippen molar-refractivity contribution < 1.29 is 29.1 Å². The van der Waals surface area contributed by atoms with Gasteiger partial charge in [-0.1, -0.05) is 18.2 Å². The van der Waals surface area contributed by atoms with E-state index in [1.807, 2.05) is 24.3 Å². The molecule has 0 bridgehead atoms. The molecule has 0 saturated heterocycles. The minimum Gasteiger partial charge on any atom is -0.480 e. The number of H-pyrrole nitrogens is 1. The number of benzene rings is 1. The van der Waals surface area contributed by atoms with Crippen molar-refractivity contribution in [1.29, 1.82) is 0 Å². The average molecular weight is 518 g/mol. The molecule has 4 amide bonds. The Morgan fingerprint density at radius 3 is 2.22 bits per heavy atom. The molecule has 0 radical (unpaired) electrons. The fraction of sp³-hybridized carbons (Fsp3) is 0.458. The lowest BCUT2D eigenvalue weighted by molar-refractivity contribution is -0.142. The molecule has 0 aliphatic carbocycles. The molecule has 0 fully saturated rings. The highest BCUT2D eigenvalue weighted by Gasteiger charge is 2.30. The Morgan fingerprint density at radius 2 is 1.57 bits per heavy atom. The monoisotopic (exact) mass is 517 g/mol. The minimum absolute atomic E-state index is 0.0859. The predicted molar refractivity (Wildman–Crippen MR) is 136 cm³/mol. The van der Waals surface area contributed by atoms with Crippen molar-refractivity contribution in [3.63, 3.8) is 0 Å². The number of primary amides is 1. The van der Waals surface area contributed by atoms with E-state index in [1.165, 1.54) is 0 Å². The van der Waals surface area contributed by atoms with Gasteiger partial charge >= 0.3 is 5.97 Å². The standard InChI is InChI=1S/C24H35N7O6/c25-10-4-3-7-18(24(36)37)31-22(34)17(8-9-20(27)32)30-23(35)19(29-21(33)12-26)11-14-13-28-16-6-2-1-5-15(14)16/h1-2,5-6,13,17-19,28H,3-4,7-12,25-26H2,(H2,27,32)(H,29,33)(H,30,35)(H,31,34)(H,36,37). The third kappa shape index (κ3) is 9.20. The second kappa shape index (κ2) is 14.6. The maximum atomic E-state index is 13.2. The zero-order valence-electron chi connectivity index (χ0n) is 20.5. The number of nitrogens with two attached hydrogens (primary N) is 3. The molecule has 202 valence electrons. The summed E-state index contributed by atoms with van der Waals surface area (Å²) in [5.74, 6) is -4.00. The Hall–Kier alpha value is -3.97. The van der Waals surface area contributed by atoms with Gasteiger partial charge in [0.15, 0.2) is 0 Å². The molecule has 13 nitrogen and oxygen atoms in total. The van der Waals surface area contributed by atoms with Gasteiger partial charge in [-0.3, -0.25) is 19.2 Å². The molecule has 1 heterocycles. The number of para-hydroxylation sites is 1. The van der Waals surface area contributed by atoms with Crippen LogP contribution in [-0.4, -0.2) is 70.9 Å². The maximum Gasteiger partial charge on any atom is 0.326 e. The van der Waals surface area contributed by atoms with E-state index in [0.717, 1.165) is 16.5 Å². The number of amides is 4. The number of unbranched alkanes of at least 4 members (excludes halogenated alkanes) is 1. The Kier molecular flexibility index (Phi) is 11.5. The zero-order valence-corrected chi connectivity index (χ0v) is 20.5. The van der Waals surface area contributed by atoms with Gasteiger partial charge in [0.25, 0.3) is 0 Å². The summed E-state index contributed by atoms with van der Waals surface area (Å²) in [5, 5.41) is 17.8. The summed E-state index contributed by atoms with van der Waals surface area (Å²) in [5.41, 5.74) is 17.7. The van der Waals surface area contributed by atoms with Crippen molar-refractivity contribution in [1.82, 2.24) is 20.9 Å². The smallest absolute Gasteiger partial charge is 0.326 e. The summed E-state index contributed by atoms with van der Waals surface area (Å²) in [6.45, 7) is 0.0241. The Bertz CT molecular complexity index is 1100. The van der Waals surface area contributed by atoms with E-state index in [2.05, 4.69) is 20.9 Å². The molecule has 2 rings (SSSR count). The number of carboxylic acid groups (broad SMARTS) is 1. The summed E-state index contributed by atoms with van der Waals surface area (Å²) in [6, 6.07) is 3.85. The van der Waals surface area contributed by atoms with E-state index in [1.54, 1.807) is 6.20 Å². The molecule has 0 aliphatic rings. The van der Waals surface area contributed by atoms with Gasteiger partial charge < -0.3 is 43.2 Å². The first kappa shape index (κ1) is 29.3. The van der Waals surface area contributed by atoms with Crippen molar-refractivity contribution in [2.75, 3.05) is 13.1 Å². The Balaban J connectivity index is 2.22. The van der Waals surface area contributed by atoms with Gasteiger partial charge in [-0.15, -0.1) is 0 Å². The third-order valence-electron chi connectivity index (χ3n) is 5.81. The maximum absolute atomic E-state index is 13.2. The van der Waals surface area contributed by atoms with Gasteiger partial charge in [-0.05, 0) is 43.9 Å². The lowest BCUT2D eigenvalue weighted by Crippen LogP contribution is -2.56. The number of fused-ring (bicyclic) bond motifs is 1. The summed E-state index contributed by atoms with van der Waals surface area (Å²) in [6.07, 6.45) is 2.61. The number of carbonyl (C=O) groups is 5. The van der Waals surface area contributed by atoms with Crippen LogP contribution in [-0.2, 0) is 30.4 Å². The van der Waals surface area contributed by atoms with E-state index in [-0.39, 0.29) is 32.2 Å². The van der Waals surface area contributed by atoms with E-state index in [9.17, 15) is 29.1 Å². The number of aliphatic carboxylic acids is 1. The molecule has 3 unspecified atom stereocenters. The van der Waals surface area contributed by atoms with Gasteiger partial charge in [0, 0.05) is 29.9 Å². The Labute approximate surface area is 213 Å². The van der Waals surface area contributed by atoms with E-state index >= 15 is 0 Å². The van der Waals surface area contributed by atoms with Gasteiger partial charge in [0.2, 0.25) is 23.6 Å². The van der Waals surface area contributed by atoms with Crippen molar-refractivity contribution in [2.45, 2.75) is 56.7 Å². The molecule has 0 saturated carbocycles. The van der Waals surface area contributed by atoms with Crippen LogP contribution in [0.15, 0.2) is 30.5 Å². The largest absolute Gasteiger partial charge is 0.480 e. The quantitative estimate of drug-likeness (QED) is 0.123. The van der Waals surface area contributed by atoms with Crippen LogP contribution in [0.5, 0.6) is 0 Å².